The van der Waals surface area contributed by atoms with Crippen molar-refractivity contribution in [3.63, 3.8) is 0 Å². The van der Waals surface area contributed by atoms with Gasteiger partial charge in [0.2, 0.25) is 0 Å². The van der Waals surface area contributed by atoms with E-state index in [0.29, 0.717) is 13.2 Å². The van der Waals surface area contributed by atoms with E-state index in [0.717, 1.165) is 11.1 Å². The molecule has 1 N–H and O–H groups in total. The molecule has 106 valence electrons. The Balaban J connectivity index is 2.00. The molecule has 0 atom stereocenters. The van der Waals surface area contributed by atoms with Crippen molar-refractivity contribution < 1.29 is 13.5 Å². The molecule has 0 spiro atoms. The average molecular weight is 277 g/mol. The van der Waals surface area contributed by atoms with Crippen molar-refractivity contribution in [3.8, 4) is 0 Å². The standard InChI is InChI=1S/C16H17F2NO/c1-20-11-13-6-3-2-5-12(13)9-19-10-14-15(17)7-4-8-16(14)18/h2-8,19H,9-11H2,1H3. The van der Waals surface area contributed by atoms with Crippen molar-refractivity contribution in [2.45, 2.75) is 19.7 Å². The van der Waals surface area contributed by atoms with Gasteiger partial charge in [-0.2, -0.15) is 0 Å². The first kappa shape index (κ1) is 14.6. The molecule has 0 aliphatic carbocycles. The van der Waals surface area contributed by atoms with Crippen LogP contribution in [0.25, 0.3) is 0 Å². The van der Waals surface area contributed by atoms with Gasteiger partial charge < -0.3 is 10.1 Å². The predicted octanol–water partition coefficient (Wildman–Crippen LogP) is 3.40. The lowest BCUT2D eigenvalue weighted by Gasteiger charge is -2.11. The zero-order chi connectivity index (χ0) is 14.4. The Morgan fingerprint density at radius 2 is 1.55 bits per heavy atom. The van der Waals surface area contributed by atoms with E-state index in [1.54, 1.807) is 7.11 Å². The number of methoxy groups -OCH3 is 1. The summed E-state index contributed by atoms with van der Waals surface area (Å²) in [5.41, 5.74) is 2.19. The number of halogens is 2. The Hall–Kier alpha value is -1.78. The Morgan fingerprint density at radius 3 is 2.20 bits per heavy atom. The van der Waals surface area contributed by atoms with Crippen LogP contribution in [0.15, 0.2) is 42.5 Å². The molecule has 0 aliphatic heterocycles. The van der Waals surface area contributed by atoms with Gasteiger partial charge in [-0.25, -0.2) is 8.78 Å². The van der Waals surface area contributed by atoms with Crippen LogP contribution in [0.3, 0.4) is 0 Å². The van der Waals surface area contributed by atoms with Crippen molar-refractivity contribution >= 4 is 0 Å². The maximum atomic E-state index is 13.5. The minimum atomic E-state index is -0.525. The Bertz CT molecular complexity index is 552. The van der Waals surface area contributed by atoms with Gasteiger partial charge in [-0.05, 0) is 23.3 Å². The molecule has 0 aliphatic rings. The number of hydrogen-bond acceptors (Lipinski definition) is 2. The minimum Gasteiger partial charge on any atom is -0.380 e. The molecule has 0 bridgehead atoms. The SMILES string of the molecule is COCc1ccccc1CNCc1c(F)cccc1F. The fraction of sp³-hybridized carbons (Fsp3) is 0.250. The Kier molecular flexibility index (Phi) is 5.21. The number of rotatable bonds is 6. The van der Waals surface area contributed by atoms with Gasteiger partial charge in [0.15, 0.2) is 0 Å². The molecule has 2 rings (SSSR count). The van der Waals surface area contributed by atoms with Gasteiger partial charge in [-0.1, -0.05) is 30.3 Å². The molecular formula is C16H17F2NO. The van der Waals surface area contributed by atoms with Gasteiger partial charge >= 0.3 is 0 Å². The summed E-state index contributed by atoms with van der Waals surface area (Å²) in [5.74, 6) is -1.05. The first-order chi connectivity index (χ1) is 9.72. The molecule has 0 unspecified atom stereocenters. The number of ether oxygens (including phenoxy) is 1. The number of nitrogens with one attached hydrogen (secondary N) is 1. The van der Waals surface area contributed by atoms with Crippen molar-refractivity contribution in [1.82, 2.24) is 5.32 Å². The smallest absolute Gasteiger partial charge is 0.130 e. The second-order valence-corrected chi connectivity index (χ2v) is 4.51. The lowest BCUT2D eigenvalue weighted by molar-refractivity contribution is 0.184. The first-order valence-electron chi connectivity index (χ1n) is 6.41. The van der Waals surface area contributed by atoms with E-state index in [2.05, 4.69) is 5.32 Å². The van der Waals surface area contributed by atoms with Crippen molar-refractivity contribution in [2.75, 3.05) is 7.11 Å². The molecule has 2 nitrogen and oxygen atoms in total. The Labute approximate surface area is 117 Å². The minimum absolute atomic E-state index is 0.0664. The van der Waals surface area contributed by atoms with Crippen LogP contribution in [-0.2, 0) is 24.4 Å². The lowest BCUT2D eigenvalue weighted by Crippen LogP contribution is -2.16. The highest BCUT2D eigenvalue weighted by atomic mass is 19.1. The second kappa shape index (κ2) is 7.12. The highest BCUT2D eigenvalue weighted by Crippen LogP contribution is 2.13. The van der Waals surface area contributed by atoms with Crippen LogP contribution in [0.1, 0.15) is 16.7 Å². The number of benzene rings is 2. The van der Waals surface area contributed by atoms with E-state index in [-0.39, 0.29) is 12.1 Å². The zero-order valence-electron chi connectivity index (χ0n) is 11.3. The van der Waals surface area contributed by atoms with Gasteiger partial charge in [-0.3, -0.25) is 0 Å². The van der Waals surface area contributed by atoms with E-state index in [4.69, 9.17) is 4.74 Å². The van der Waals surface area contributed by atoms with E-state index in [1.165, 1.54) is 18.2 Å². The third-order valence-electron chi connectivity index (χ3n) is 3.10. The average Bonchev–Trinajstić information content (AvgIpc) is 2.44. The molecular weight excluding hydrogens is 260 g/mol. The zero-order valence-corrected chi connectivity index (χ0v) is 11.3. The summed E-state index contributed by atoms with van der Waals surface area (Å²) in [6.45, 7) is 1.21. The van der Waals surface area contributed by atoms with Crippen molar-refractivity contribution in [2.24, 2.45) is 0 Å². The predicted molar refractivity (Wildman–Crippen MR) is 74.1 cm³/mol. The largest absolute Gasteiger partial charge is 0.380 e. The van der Waals surface area contributed by atoms with Gasteiger partial charge in [-0.15, -0.1) is 0 Å². The molecule has 0 saturated carbocycles. The summed E-state index contributed by atoms with van der Waals surface area (Å²) in [6, 6.07) is 11.7. The van der Waals surface area contributed by atoms with Crippen molar-refractivity contribution in [3.05, 3.63) is 70.8 Å². The number of hydrogen-bond donors (Lipinski definition) is 1. The highest BCUT2D eigenvalue weighted by Gasteiger charge is 2.08. The maximum absolute atomic E-state index is 13.5. The summed E-state index contributed by atoms with van der Waals surface area (Å²) in [6.07, 6.45) is 0. The normalized spacial score (nSPS) is 10.8. The summed E-state index contributed by atoms with van der Waals surface area (Å²) in [7, 11) is 1.64. The fourth-order valence-electron chi connectivity index (χ4n) is 2.05. The van der Waals surface area contributed by atoms with E-state index < -0.39 is 11.6 Å². The quantitative estimate of drug-likeness (QED) is 0.873. The summed E-state index contributed by atoms with van der Waals surface area (Å²) >= 11 is 0. The van der Waals surface area contributed by atoms with Crippen molar-refractivity contribution in [1.29, 1.82) is 0 Å². The van der Waals surface area contributed by atoms with Gasteiger partial charge in [0.05, 0.1) is 6.61 Å². The fourth-order valence-corrected chi connectivity index (χ4v) is 2.05. The maximum Gasteiger partial charge on any atom is 0.130 e. The van der Waals surface area contributed by atoms with E-state index in [1.807, 2.05) is 24.3 Å². The molecule has 4 heteroatoms. The molecule has 0 amide bonds. The molecule has 0 saturated heterocycles. The lowest BCUT2D eigenvalue weighted by atomic mass is 10.1. The second-order valence-electron chi connectivity index (χ2n) is 4.51. The van der Waals surface area contributed by atoms with Crippen LogP contribution in [0, 0.1) is 11.6 Å². The molecule has 20 heavy (non-hydrogen) atoms. The van der Waals surface area contributed by atoms with Gasteiger partial charge in [0.25, 0.3) is 0 Å². The molecule has 0 aromatic heterocycles. The topological polar surface area (TPSA) is 21.3 Å². The van der Waals surface area contributed by atoms with Gasteiger partial charge in [0.1, 0.15) is 11.6 Å². The molecule has 0 fully saturated rings. The molecule has 2 aromatic rings. The highest BCUT2D eigenvalue weighted by molar-refractivity contribution is 5.26. The van der Waals surface area contributed by atoms with E-state index >= 15 is 0 Å². The summed E-state index contributed by atoms with van der Waals surface area (Å²) in [5, 5.41) is 3.06. The molecule has 2 aromatic carbocycles. The Morgan fingerprint density at radius 1 is 0.900 bits per heavy atom. The van der Waals surface area contributed by atoms with Gasteiger partial charge in [0, 0.05) is 25.8 Å². The first-order valence-corrected chi connectivity index (χ1v) is 6.41. The van der Waals surface area contributed by atoms with Crippen LogP contribution in [0.4, 0.5) is 8.78 Å². The third-order valence-corrected chi connectivity index (χ3v) is 3.10. The molecule has 0 radical (unpaired) electrons. The summed E-state index contributed by atoms with van der Waals surface area (Å²) in [4.78, 5) is 0. The van der Waals surface area contributed by atoms with Crippen LogP contribution in [-0.4, -0.2) is 7.11 Å². The summed E-state index contributed by atoms with van der Waals surface area (Å²) < 4.78 is 32.1. The van der Waals surface area contributed by atoms with Crippen LogP contribution in [0.5, 0.6) is 0 Å². The van der Waals surface area contributed by atoms with E-state index in [9.17, 15) is 8.78 Å². The van der Waals surface area contributed by atoms with Crippen LogP contribution in [0.2, 0.25) is 0 Å². The monoisotopic (exact) mass is 277 g/mol. The third kappa shape index (κ3) is 3.62. The molecule has 0 heterocycles. The van der Waals surface area contributed by atoms with Crippen LogP contribution < -0.4 is 5.32 Å². The van der Waals surface area contributed by atoms with Crippen LogP contribution >= 0.6 is 0 Å².